The minimum absolute atomic E-state index is 0.0840. The van der Waals surface area contributed by atoms with E-state index in [1.54, 1.807) is 12.3 Å². The summed E-state index contributed by atoms with van der Waals surface area (Å²) in [5, 5.41) is 3.03. The molecule has 104 valence electrons. The number of halogens is 1. The molecule has 2 rings (SSSR count). The Morgan fingerprint density at radius 2 is 2.26 bits per heavy atom. The molecule has 1 N–H and O–H groups in total. The first-order chi connectivity index (χ1) is 9.04. The van der Waals surface area contributed by atoms with Crippen LogP contribution in [0.15, 0.2) is 27.6 Å². The lowest BCUT2D eigenvalue weighted by molar-refractivity contribution is -0.122. The van der Waals surface area contributed by atoms with E-state index in [1.165, 1.54) is 23.5 Å². The molecule has 0 bridgehead atoms. The van der Waals surface area contributed by atoms with Crippen molar-refractivity contribution in [1.82, 2.24) is 9.88 Å². The molecule has 1 saturated carbocycles. The maximum absolute atomic E-state index is 12.0. The summed E-state index contributed by atoms with van der Waals surface area (Å²) < 4.78 is 2.22. The monoisotopic (exact) mass is 326 g/mol. The Morgan fingerprint density at radius 1 is 1.47 bits per heavy atom. The van der Waals surface area contributed by atoms with Crippen molar-refractivity contribution in [2.24, 2.45) is 5.92 Å². The van der Waals surface area contributed by atoms with Crippen LogP contribution in [0.5, 0.6) is 0 Å². The maximum atomic E-state index is 12.0. The van der Waals surface area contributed by atoms with Gasteiger partial charge in [-0.25, -0.2) is 0 Å². The summed E-state index contributed by atoms with van der Waals surface area (Å²) in [6.45, 7) is 2.31. The fraction of sp³-hybridized carbons (Fsp3) is 0.571. The van der Waals surface area contributed by atoms with E-state index in [0.29, 0.717) is 5.92 Å². The number of amides is 1. The van der Waals surface area contributed by atoms with E-state index in [-0.39, 0.29) is 24.1 Å². The molecule has 1 aromatic heterocycles. The van der Waals surface area contributed by atoms with Crippen LogP contribution in [0.4, 0.5) is 0 Å². The molecule has 1 aliphatic carbocycles. The Bertz CT molecular complexity index is 512. The Balaban J connectivity index is 1.94. The molecule has 1 aromatic rings. The van der Waals surface area contributed by atoms with Crippen LogP contribution in [0.1, 0.15) is 32.6 Å². The van der Waals surface area contributed by atoms with Gasteiger partial charge in [-0.15, -0.1) is 0 Å². The minimum Gasteiger partial charge on any atom is -0.352 e. The summed E-state index contributed by atoms with van der Waals surface area (Å²) in [5.74, 6) is 0.590. The standard InChI is InChI=1S/C14H19BrN2O2/c1-10-3-2-4-12(7-10)16-13(18)9-17-8-11(15)5-6-14(17)19/h5-6,8,10,12H,2-4,7,9H2,1H3,(H,16,18)/t10-,12-/m1/s1. The second kappa shape index (κ2) is 6.37. The number of carbonyl (C=O) groups excluding carboxylic acids is 1. The highest BCUT2D eigenvalue weighted by molar-refractivity contribution is 9.10. The number of rotatable bonds is 3. The molecule has 0 saturated heterocycles. The molecular formula is C14H19BrN2O2. The van der Waals surface area contributed by atoms with Crippen molar-refractivity contribution in [2.75, 3.05) is 0 Å². The van der Waals surface area contributed by atoms with E-state index in [1.807, 2.05) is 0 Å². The lowest BCUT2D eigenvalue weighted by Crippen LogP contribution is -2.40. The first-order valence-corrected chi connectivity index (χ1v) is 7.49. The molecule has 0 spiro atoms. The van der Waals surface area contributed by atoms with Crippen LogP contribution < -0.4 is 10.9 Å². The Kier molecular flexibility index (Phi) is 4.80. The van der Waals surface area contributed by atoms with Crippen LogP contribution in [0.2, 0.25) is 0 Å². The van der Waals surface area contributed by atoms with Gasteiger partial charge in [0.15, 0.2) is 0 Å². The molecule has 0 radical (unpaired) electrons. The summed E-state index contributed by atoms with van der Waals surface area (Å²) >= 11 is 3.30. The number of carbonyl (C=O) groups is 1. The topological polar surface area (TPSA) is 51.1 Å². The molecular weight excluding hydrogens is 308 g/mol. The fourth-order valence-electron chi connectivity index (χ4n) is 2.62. The van der Waals surface area contributed by atoms with Gasteiger partial charge in [0, 0.05) is 22.8 Å². The van der Waals surface area contributed by atoms with Gasteiger partial charge in [-0.05, 0) is 40.8 Å². The third kappa shape index (κ3) is 4.20. The zero-order valence-corrected chi connectivity index (χ0v) is 12.6. The predicted molar refractivity (Wildman–Crippen MR) is 78.0 cm³/mol. The summed E-state index contributed by atoms with van der Waals surface area (Å²) in [5.41, 5.74) is -0.157. The average Bonchev–Trinajstić information content (AvgIpc) is 2.34. The summed E-state index contributed by atoms with van der Waals surface area (Å²) in [4.78, 5) is 23.6. The number of nitrogens with zero attached hydrogens (tertiary/aromatic N) is 1. The first kappa shape index (κ1) is 14.3. The summed E-state index contributed by atoms with van der Waals surface area (Å²) in [6, 6.07) is 3.40. The van der Waals surface area contributed by atoms with Crippen molar-refractivity contribution in [3.05, 3.63) is 33.2 Å². The average molecular weight is 327 g/mol. The maximum Gasteiger partial charge on any atom is 0.251 e. The van der Waals surface area contributed by atoms with Crippen molar-refractivity contribution in [2.45, 2.75) is 45.2 Å². The van der Waals surface area contributed by atoms with Crippen LogP contribution in [0.25, 0.3) is 0 Å². The van der Waals surface area contributed by atoms with Gasteiger partial charge < -0.3 is 9.88 Å². The quantitative estimate of drug-likeness (QED) is 0.926. The van der Waals surface area contributed by atoms with Gasteiger partial charge >= 0.3 is 0 Å². The molecule has 19 heavy (non-hydrogen) atoms. The Hall–Kier alpha value is -1.10. The van der Waals surface area contributed by atoms with Crippen LogP contribution in [-0.4, -0.2) is 16.5 Å². The van der Waals surface area contributed by atoms with E-state index in [9.17, 15) is 9.59 Å². The first-order valence-electron chi connectivity index (χ1n) is 6.70. The highest BCUT2D eigenvalue weighted by Gasteiger charge is 2.20. The molecule has 1 amide bonds. The fourth-order valence-corrected chi connectivity index (χ4v) is 3.00. The van der Waals surface area contributed by atoms with Gasteiger partial charge in [0.2, 0.25) is 5.91 Å². The number of pyridine rings is 1. The van der Waals surface area contributed by atoms with Crippen LogP contribution >= 0.6 is 15.9 Å². The second-order valence-corrected chi connectivity index (χ2v) is 6.27. The number of hydrogen-bond acceptors (Lipinski definition) is 2. The number of hydrogen-bond donors (Lipinski definition) is 1. The molecule has 0 aliphatic heterocycles. The highest BCUT2D eigenvalue weighted by atomic mass is 79.9. The van der Waals surface area contributed by atoms with Crippen molar-refractivity contribution >= 4 is 21.8 Å². The van der Waals surface area contributed by atoms with Gasteiger partial charge in [0.1, 0.15) is 6.54 Å². The molecule has 5 heteroatoms. The Labute approximate surface area is 121 Å². The zero-order chi connectivity index (χ0) is 13.8. The van der Waals surface area contributed by atoms with Crippen molar-refractivity contribution in [3.63, 3.8) is 0 Å². The largest absolute Gasteiger partial charge is 0.352 e. The van der Waals surface area contributed by atoms with Crippen LogP contribution in [-0.2, 0) is 11.3 Å². The van der Waals surface area contributed by atoms with Crippen molar-refractivity contribution < 1.29 is 4.79 Å². The van der Waals surface area contributed by atoms with Crippen LogP contribution in [0.3, 0.4) is 0 Å². The van der Waals surface area contributed by atoms with E-state index in [4.69, 9.17) is 0 Å². The smallest absolute Gasteiger partial charge is 0.251 e. The molecule has 0 unspecified atom stereocenters. The van der Waals surface area contributed by atoms with E-state index in [2.05, 4.69) is 28.2 Å². The van der Waals surface area contributed by atoms with Crippen molar-refractivity contribution in [1.29, 1.82) is 0 Å². The summed E-state index contributed by atoms with van der Waals surface area (Å²) in [6.07, 6.45) is 6.15. The van der Waals surface area contributed by atoms with E-state index >= 15 is 0 Å². The molecule has 1 aliphatic rings. The van der Waals surface area contributed by atoms with E-state index in [0.717, 1.165) is 17.3 Å². The normalized spacial score (nSPS) is 23.1. The van der Waals surface area contributed by atoms with Gasteiger partial charge in [-0.2, -0.15) is 0 Å². The lowest BCUT2D eigenvalue weighted by Gasteiger charge is -2.27. The lowest BCUT2D eigenvalue weighted by atomic mass is 9.87. The number of aromatic nitrogens is 1. The third-order valence-electron chi connectivity index (χ3n) is 3.56. The molecule has 2 atom stereocenters. The highest BCUT2D eigenvalue weighted by Crippen LogP contribution is 2.23. The van der Waals surface area contributed by atoms with Gasteiger partial charge in [0.05, 0.1) is 0 Å². The third-order valence-corrected chi connectivity index (χ3v) is 4.03. The predicted octanol–water partition coefficient (Wildman–Crippen LogP) is 2.31. The minimum atomic E-state index is -0.157. The van der Waals surface area contributed by atoms with Crippen LogP contribution in [0, 0.1) is 5.92 Å². The molecule has 0 aromatic carbocycles. The van der Waals surface area contributed by atoms with Crippen molar-refractivity contribution in [3.8, 4) is 0 Å². The Morgan fingerprint density at radius 3 is 3.00 bits per heavy atom. The van der Waals surface area contributed by atoms with Gasteiger partial charge in [0.25, 0.3) is 5.56 Å². The molecule has 1 heterocycles. The number of nitrogens with one attached hydrogen (secondary N) is 1. The SMILES string of the molecule is C[C@@H]1CCC[C@@H](NC(=O)Cn2cc(Br)ccc2=O)C1. The zero-order valence-electron chi connectivity index (χ0n) is 11.1. The second-order valence-electron chi connectivity index (χ2n) is 5.35. The summed E-state index contributed by atoms with van der Waals surface area (Å²) in [7, 11) is 0. The van der Waals surface area contributed by atoms with Gasteiger partial charge in [-0.3, -0.25) is 9.59 Å². The molecule has 4 nitrogen and oxygen atoms in total. The molecule has 1 fully saturated rings. The van der Waals surface area contributed by atoms with Gasteiger partial charge in [-0.1, -0.05) is 19.8 Å². The van der Waals surface area contributed by atoms with E-state index < -0.39 is 0 Å².